The number of carbonyl (C=O) groups is 3. The zero-order chi connectivity index (χ0) is 17.8. The van der Waals surface area contributed by atoms with Crippen LogP contribution < -0.4 is 4.74 Å². The highest BCUT2D eigenvalue weighted by molar-refractivity contribution is 6.00. The Kier molecular flexibility index (Phi) is 5.31. The third-order valence-corrected chi connectivity index (χ3v) is 4.52. The number of ether oxygens (including phenoxy) is 1. The van der Waals surface area contributed by atoms with Crippen LogP contribution >= 0.6 is 0 Å². The van der Waals surface area contributed by atoms with Gasteiger partial charge in [0.25, 0.3) is 0 Å². The van der Waals surface area contributed by atoms with Crippen molar-refractivity contribution in [3.63, 3.8) is 0 Å². The molecule has 1 aromatic carbocycles. The molecule has 134 valence electrons. The summed E-state index contributed by atoms with van der Waals surface area (Å²) >= 11 is 0. The summed E-state index contributed by atoms with van der Waals surface area (Å²) in [5.74, 6) is -0.566. The fraction of sp³-hybridized carbons (Fsp3) is 0.500. The second kappa shape index (κ2) is 7.63. The van der Waals surface area contributed by atoms with Gasteiger partial charge in [0.1, 0.15) is 24.2 Å². The second-order valence-electron chi connectivity index (χ2n) is 6.40. The number of benzene rings is 1. The average Bonchev–Trinajstić information content (AvgIpc) is 2.60. The molecule has 3 amide bonds. The summed E-state index contributed by atoms with van der Waals surface area (Å²) in [5.41, 5.74) is 0. The number of hydrogen-bond donors (Lipinski definition) is 0. The molecule has 1 aromatic rings. The van der Waals surface area contributed by atoms with E-state index >= 15 is 0 Å². The van der Waals surface area contributed by atoms with Gasteiger partial charge in [0.2, 0.25) is 17.7 Å². The van der Waals surface area contributed by atoms with Crippen LogP contribution in [0.15, 0.2) is 24.3 Å². The highest BCUT2D eigenvalue weighted by atomic mass is 19.1. The first-order valence-corrected chi connectivity index (χ1v) is 8.56. The first kappa shape index (κ1) is 17.4. The molecule has 0 bridgehead atoms. The lowest BCUT2D eigenvalue weighted by molar-refractivity contribution is -0.153. The van der Waals surface area contributed by atoms with Crippen molar-refractivity contribution in [1.29, 1.82) is 0 Å². The van der Waals surface area contributed by atoms with Crippen molar-refractivity contribution < 1.29 is 23.5 Å². The Morgan fingerprint density at radius 1 is 1.12 bits per heavy atom. The fourth-order valence-corrected chi connectivity index (χ4v) is 3.18. The third kappa shape index (κ3) is 4.35. The van der Waals surface area contributed by atoms with E-state index in [2.05, 4.69) is 0 Å². The van der Waals surface area contributed by atoms with Crippen LogP contribution in [0.4, 0.5) is 4.39 Å². The van der Waals surface area contributed by atoms with Crippen LogP contribution in [-0.4, -0.2) is 53.3 Å². The Labute approximate surface area is 145 Å². The fourth-order valence-electron chi connectivity index (χ4n) is 3.18. The zero-order valence-corrected chi connectivity index (χ0v) is 13.9. The van der Waals surface area contributed by atoms with Gasteiger partial charge in [0.05, 0.1) is 6.54 Å². The van der Waals surface area contributed by atoms with Gasteiger partial charge in [-0.2, -0.15) is 0 Å². The lowest BCUT2D eigenvalue weighted by Crippen LogP contribution is -2.51. The Bertz CT molecular complexity index is 646. The van der Waals surface area contributed by atoms with Gasteiger partial charge in [0, 0.05) is 19.4 Å². The molecule has 0 unspecified atom stereocenters. The van der Waals surface area contributed by atoms with Crippen LogP contribution in [-0.2, 0) is 14.4 Å². The first-order valence-electron chi connectivity index (χ1n) is 8.56. The second-order valence-corrected chi connectivity index (χ2v) is 6.40. The minimum absolute atomic E-state index is 0.184. The highest BCUT2D eigenvalue weighted by Gasteiger charge is 2.31. The number of piperidine rings is 2. The molecule has 2 aliphatic rings. The molecule has 2 fully saturated rings. The van der Waals surface area contributed by atoms with E-state index in [4.69, 9.17) is 4.74 Å². The summed E-state index contributed by atoms with van der Waals surface area (Å²) in [7, 11) is 0. The summed E-state index contributed by atoms with van der Waals surface area (Å²) in [6.45, 7) is 0.783. The van der Waals surface area contributed by atoms with E-state index in [9.17, 15) is 18.8 Å². The van der Waals surface area contributed by atoms with Gasteiger partial charge >= 0.3 is 0 Å². The predicted octanol–water partition coefficient (Wildman–Crippen LogP) is 1.73. The normalized spacial score (nSPS) is 21.4. The largest absolute Gasteiger partial charge is 0.489 e. The van der Waals surface area contributed by atoms with Gasteiger partial charge in [-0.25, -0.2) is 4.39 Å². The summed E-state index contributed by atoms with van der Waals surface area (Å²) in [4.78, 5) is 38.8. The third-order valence-electron chi connectivity index (χ3n) is 4.52. The number of amides is 3. The maximum absolute atomic E-state index is 13.0. The Morgan fingerprint density at radius 2 is 1.80 bits per heavy atom. The highest BCUT2D eigenvalue weighted by Crippen LogP contribution is 2.20. The number of likely N-dealkylation sites (tertiary alicyclic amines) is 2. The molecular weight excluding hydrogens is 327 g/mol. The minimum Gasteiger partial charge on any atom is -0.489 e. The molecule has 0 radical (unpaired) electrons. The topological polar surface area (TPSA) is 66.9 Å². The van der Waals surface area contributed by atoms with E-state index in [0.717, 1.165) is 17.7 Å². The van der Waals surface area contributed by atoms with Gasteiger partial charge < -0.3 is 9.64 Å². The summed E-state index contributed by atoms with van der Waals surface area (Å²) < 4.78 is 18.8. The van der Waals surface area contributed by atoms with Crippen molar-refractivity contribution in [2.75, 3.05) is 19.6 Å². The quantitative estimate of drug-likeness (QED) is 0.778. The minimum atomic E-state index is -0.330. The molecule has 6 nitrogen and oxygen atoms in total. The van der Waals surface area contributed by atoms with Crippen molar-refractivity contribution in [3.8, 4) is 5.75 Å². The Hall–Kier alpha value is -2.44. The Morgan fingerprint density at radius 3 is 2.48 bits per heavy atom. The molecule has 3 rings (SSSR count). The molecule has 1 atom stereocenters. The predicted molar refractivity (Wildman–Crippen MR) is 87.2 cm³/mol. The van der Waals surface area contributed by atoms with E-state index in [1.807, 2.05) is 0 Å². The number of hydrogen-bond acceptors (Lipinski definition) is 4. The lowest BCUT2D eigenvalue weighted by Gasteiger charge is -2.34. The van der Waals surface area contributed by atoms with E-state index in [0.29, 0.717) is 38.1 Å². The standard InChI is InChI=1S/C18H21FN2O4/c19-13-6-8-14(9-7-13)25-15-3-2-10-20(11-15)18(24)12-21-16(22)4-1-5-17(21)23/h6-9,15H,1-5,10-12H2/t15-/m0/s1. The van der Waals surface area contributed by atoms with Crippen molar-refractivity contribution in [2.45, 2.75) is 38.2 Å². The summed E-state index contributed by atoms with van der Waals surface area (Å²) in [6, 6.07) is 5.77. The SMILES string of the molecule is O=C(CN1C(=O)CCCC1=O)N1CCC[C@H](Oc2ccc(F)cc2)C1. The lowest BCUT2D eigenvalue weighted by atomic mass is 10.1. The number of nitrogens with zero attached hydrogens (tertiary/aromatic N) is 2. The number of halogens is 1. The summed E-state index contributed by atoms with van der Waals surface area (Å²) in [5, 5.41) is 0. The van der Waals surface area contributed by atoms with E-state index < -0.39 is 0 Å². The molecular formula is C18H21FN2O4. The van der Waals surface area contributed by atoms with Crippen LogP contribution in [0.5, 0.6) is 5.75 Å². The molecule has 0 saturated carbocycles. The van der Waals surface area contributed by atoms with E-state index in [-0.39, 0.29) is 36.2 Å². The van der Waals surface area contributed by atoms with Gasteiger partial charge in [-0.3, -0.25) is 19.3 Å². The van der Waals surface area contributed by atoms with Gasteiger partial charge in [-0.05, 0) is 43.5 Å². The van der Waals surface area contributed by atoms with Gasteiger partial charge in [-0.15, -0.1) is 0 Å². The van der Waals surface area contributed by atoms with Crippen LogP contribution in [0, 0.1) is 5.82 Å². The Balaban J connectivity index is 1.56. The van der Waals surface area contributed by atoms with Crippen molar-refractivity contribution in [1.82, 2.24) is 9.80 Å². The van der Waals surface area contributed by atoms with Crippen molar-refractivity contribution in [2.24, 2.45) is 0 Å². The van der Waals surface area contributed by atoms with Crippen LogP contribution in [0.25, 0.3) is 0 Å². The van der Waals surface area contributed by atoms with Crippen molar-refractivity contribution in [3.05, 3.63) is 30.1 Å². The van der Waals surface area contributed by atoms with Crippen LogP contribution in [0.2, 0.25) is 0 Å². The molecule has 2 heterocycles. The molecule has 0 aromatic heterocycles. The van der Waals surface area contributed by atoms with E-state index in [1.165, 1.54) is 12.1 Å². The van der Waals surface area contributed by atoms with Crippen LogP contribution in [0.3, 0.4) is 0 Å². The monoisotopic (exact) mass is 348 g/mol. The van der Waals surface area contributed by atoms with Crippen LogP contribution in [0.1, 0.15) is 32.1 Å². The smallest absolute Gasteiger partial charge is 0.242 e. The molecule has 25 heavy (non-hydrogen) atoms. The van der Waals surface area contributed by atoms with Gasteiger partial charge in [0.15, 0.2) is 0 Å². The average molecular weight is 348 g/mol. The number of imide groups is 1. The maximum atomic E-state index is 13.0. The molecule has 0 N–H and O–H groups in total. The molecule has 2 aliphatic heterocycles. The van der Waals surface area contributed by atoms with E-state index in [1.54, 1.807) is 17.0 Å². The first-order chi connectivity index (χ1) is 12.0. The molecule has 0 spiro atoms. The number of carbonyl (C=O) groups excluding carboxylic acids is 3. The van der Waals surface area contributed by atoms with Gasteiger partial charge in [-0.1, -0.05) is 0 Å². The molecule has 0 aliphatic carbocycles. The maximum Gasteiger partial charge on any atom is 0.242 e. The number of rotatable bonds is 4. The summed E-state index contributed by atoms with van der Waals surface area (Å²) in [6.07, 6.45) is 2.57. The molecule has 2 saturated heterocycles. The van der Waals surface area contributed by atoms with Crippen molar-refractivity contribution >= 4 is 17.7 Å². The zero-order valence-electron chi connectivity index (χ0n) is 13.9. The molecule has 7 heteroatoms.